The number of carbonyl (C=O) groups excluding carboxylic acids is 1. The van der Waals surface area contributed by atoms with E-state index in [9.17, 15) is 13.2 Å². The van der Waals surface area contributed by atoms with Crippen LogP contribution in [0.4, 0.5) is 0 Å². The van der Waals surface area contributed by atoms with Crippen LogP contribution in [0.5, 0.6) is 0 Å². The molecular formula is C10H8O4S. The van der Waals surface area contributed by atoms with Gasteiger partial charge in [0.2, 0.25) is 0 Å². The summed E-state index contributed by atoms with van der Waals surface area (Å²) in [5, 5.41) is 0. The monoisotopic (exact) mass is 224 g/mol. The first-order chi connectivity index (χ1) is 7.05. The second-order valence-electron chi connectivity index (χ2n) is 2.64. The van der Waals surface area contributed by atoms with Crippen molar-refractivity contribution in [2.45, 2.75) is 11.3 Å². The second kappa shape index (κ2) is 4.73. The van der Waals surface area contributed by atoms with Crippen LogP contribution in [0.15, 0.2) is 29.2 Å². The summed E-state index contributed by atoms with van der Waals surface area (Å²) in [5.41, 5.74) is 0.182. The highest BCUT2D eigenvalue weighted by Gasteiger charge is 2.12. The van der Waals surface area contributed by atoms with Gasteiger partial charge >= 0.3 is 0 Å². The maximum atomic E-state index is 10.9. The Kier molecular flexibility index (Phi) is 3.61. The number of hydrogen-bond donors (Lipinski definition) is 1. The fraction of sp³-hybridized carbons (Fsp3) is 0.100. The molecule has 1 aromatic rings. The molecule has 0 amide bonds. The molecule has 0 radical (unpaired) electrons. The summed E-state index contributed by atoms with van der Waals surface area (Å²) >= 11 is 0. The van der Waals surface area contributed by atoms with Crippen LogP contribution in [-0.2, 0) is 14.9 Å². The molecule has 15 heavy (non-hydrogen) atoms. The van der Waals surface area contributed by atoms with Crippen LogP contribution in [-0.4, -0.2) is 19.3 Å². The molecular weight excluding hydrogens is 216 g/mol. The number of carbonyl (C=O) groups is 1. The minimum atomic E-state index is -4.26. The highest BCUT2D eigenvalue weighted by Crippen LogP contribution is 2.13. The molecule has 0 fully saturated rings. The summed E-state index contributed by atoms with van der Waals surface area (Å²) in [6.45, 7) is 0. The molecule has 0 bridgehead atoms. The van der Waals surface area contributed by atoms with E-state index in [0.29, 0.717) is 6.29 Å². The molecule has 0 aliphatic rings. The normalized spacial score (nSPS) is 10.2. The Morgan fingerprint density at radius 1 is 1.33 bits per heavy atom. The predicted molar refractivity (Wildman–Crippen MR) is 53.8 cm³/mol. The lowest BCUT2D eigenvalue weighted by atomic mass is 10.2. The summed E-state index contributed by atoms with van der Waals surface area (Å²) in [7, 11) is -4.26. The van der Waals surface area contributed by atoms with Crippen LogP contribution in [0.25, 0.3) is 0 Å². The van der Waals surface area contributed by atoms with Crippen molar-refractivity contribution in [3.05, 3.63) is 29.8 Å². The number of aldehydes is 1. The fourth-order valence-electron chi connectivity index (χ4n) is 0.983. The molecule has 0 spiro atoms. The first-order valence-electron chi connectivity index (χ1n) is 4.04. The van der Waals surface area contributed by atoms with Crippen molar-refractivity contribution in [3.8, 4) is 11.8 Å². The second-order valence-corrected chi connectivity index (χ2v) is 4.03. The Bertz CT molecular complexity index is 520. The molecule has 0 saturated heterocycles. The van der Waals surface area contributed by atoms with Gasteiger partial charge in [0, 0.05) is 5.56 Å². The zero-order chi connectivity index (χ0) is 11.3. The molecule has 1 N–H and O–H groups in total. The summed E-state index contributed by atoms with van der Waals surface area (Å²) in [5.74, 6) is 4.97. The minimum absolute atomic E-state index is 0.0276. The molecule has 0 aliphatic carbocycles. The van der Waals surface area contributed by atoms with E-state index >= 15 is 0 Å². The molecule has 1 rings (SSSR count). The smallest absolute Gasteiger partial charge is 0.295 e. The molecule has 0 aromatic heterocycles. The van der Waals surface area contributed by atoms with Gasteiger partial charge in [-0.2, -0.15) is 8.42 Å². The van der Waals surface area contributed by atoms with Crippen molar-refractivity contribution >= 4 is 16.4 Å². The zero-order valence-corrected chi connectivity index (χ0v) is 8.49. The van der Waals surface area contributed by atoms with E-state index in [1.165, 1.54) is 18.2 Å². The van der Waals surface area contributed by atoms with Crippen LogP contribution in [0.3, 0.4) is 0 Å². The number of hydrogen-bond acceptors (Lipinski definition) is 3. The maximum Gasteiger partial charge on any atom is 0.295 e. The molecule has 0 unspecified atom stereocenters. The summed E-state index contributed by atoms with van der Waals surface area (Å²) < 4.78 is 30.7. The molecule has 4 nitrogen and oxygen atoms in total. The summed E-state index contributed by atoms with van der Waals surface area (Å²) in [6, 6.07) is 5.79. The fourth-order valence-corrected chi connectivity index (χ4v) is 1.63. The molecule has 0 heterocycles. The average molecular weight is 224 g/mol. The Balaban J connectivity index is 3.21. The van der Waals surface area contributed by atoms with Gasteiger partial charge in [-0.15, -0.1) is 0 Å². The van der Waals surface area contributed by atoms with E-state index in [2.05, 4.69) is 11.8 Å². The van der Waals surface area contributed by atoms with E-state index in [0.717, 1.165) is 0 Å². The van der Waals surface area contributed by atoms with Crippen LogP contribution in [0, 0.1) is 11.8 Å². The summed E-state index contributed by atoms with van der Waals surface area (Å²) in [4.78, 5) is 9.76. The molecule has 1 aromatic carbocycles. The first-order valence-corrected chi connectivity index (χ1v) is 5.48. The average Bonchev–Trinajstić information content (AvgIpc) is 2.17. The Morgan fingerprint density at radius 3 is 2.60 bits per heavy atom. The van der Waals surface area contributed by atoms with Crippen molar-refractivity contribution in [1.29, 1.82) is 0 Å². The van der Waals surface area contributed by atoms with Crippen LogP contribution in [0.2, 0.25) is 0 Å². The molecule has 0 saturated carbocycles. The van der Waals surface area contributed by atoms with Gasteiger partial charge in [0.05, 0.1) is 6.42 Å². The third-order valence-electron chi connectivity index (χ3n) is 1.57. The van der Waals surface area contributed by atoms with Crippen molar-refractivity contribution in [2.24, 2.45) is 0 Å². The summed E-state index contributed by atoms with van der Waals surface area (Å²) in [6.07, 6.45) is 0.642. The third-order valence-corrected chi connectivity index (χ3v) is 2.49. The topological polar surface area (TPSA) is 71.4 Å². The number of benzene rings is 1. The highest BCUT2D eigenvalue weighted by molar-refractivity contribution is 7.85. The highest BCUT2D eigenvalue weighted by atomic mass is 32.2. The lowest BCUT2D eigenvalue weighted by Crippen LogP contribution is -2.00. The van der Waals surface area contributed by atoms with E-state index in [4.69, 9.17) is 4.55 Å². The van der Waals surface area contributed by atoms with Gasteiger partial charge in [0.25, 0.3) is 10.1 Å². The van der Waals surface area contributed by atoms with Crippen molar-refractivity contribution < 1.29 is 17.8 Å². The maximum absolute atomic E-state index is 10.9. The Hall–Kier alpha value is -1.64. The standard InChI is InChI=1S/C10H8O4S/c11-8-4-3-6-9-5-1-2-7-10(9)15(12,13)14/h1-2,5,7-8H,4H2,(H,12,13,14). The van der Waals surface area contributed by atoms with Gasteiger partial charge in [-0.25, -0.2) is 0 Å². The van der Waals surface area contributed by atoms with Gasteiger partial charge in [-0.1, -0.05) is 24.0 Å². The van der Waals surface area contributed by atoms with Crippen molar-refractivity contribution in [2.75, 3.05) is 0 Å². The molecule has 0 aliphatic heterocycles. The third kappa shape index (κ3) is 3.20. The van der Waals surface area contributed by atoms with Gasteiger partial charge in [0.1, 0.15) is 11.2 Å². The van der Waals surface area contributed by atoms with E-state index in [1.54, 1.807) is 6.07 Å². The minimum Gasteiger partial charge on any atom is -0.302 e. The lowest BCUT2D eigenvalue weighted by Gasteiger charge is -1.98. The van der Waals surface area contributed by atoms with E-state index in [-0.39, 0.29) is 16.9 Å². The van der Waals surface area contributed by atoms with Crippen molar-refractivity contribution in [1.82, 2.24) is 0 Å². The van der Waals surface area contributed by atoms with Gasteiger partial charge < -0.3 is 4.79 Å². The van der Waals surface area contributed by atoms with Crippen LogP contribution < -0.4 is 0 Å². The van der Waals surface area contributed by atoms with Gasteiger partial charge in [-0.05, 0) is 12.1 Å². The van der Waals surface area contributed by atoms with Crippen LogP contribution in [0.1, 0.15) is 12.0 Å². The Morgan fingerprint density at radius 2 is 2.00 bits per heavy atom. The van der Waals surface area contributed by atoms with E-state index in [1.807, 2.05) is 0 Å². The first kappa shape index (κ1) is 11.4. The van der Waals surface area contributed by atoms with Gasteiger partial charge in [0.15, 0.2) is 0 Å². The Labute approximate surface area is 87.7 Å². The quantitative estimate of drug-likeness (QED) is 0.459. The van der Waals surface area contributed by atoms with Crippen LogP contribution >= 0.6 is 0 Å². The van der Waals surface area contributed by atoms with E-state index < -0.39 is 10.1 Å². The molecule has 78 valence electrons. The predicted octanol–water partition coefficient (Wildman–Crippen LogP) is 0.874. The van der Waals surface area contributed by atoms with Gasteiger partial charge in [-0.3, -0.25) is 4.55 Å². The van der Waals surface area contributed by atoms with Crippen molar-refractivity contribution in [3.63, 3.8) is 0 Å². The number of rotatable bonds is 2. The lowest BCUT2D eigenvalue weighted by molar-refractivity contribution is -0.107. The molecule has 0 atom stereocenters. The SMILES string of the molecule is O=CCC#Cc1ccccc1S(=O)(=O)O. The largest absolute Gasteiger partial charge is 0.302 e. The zero-order valence-electron chi connectivity index (χ0n) is 7.67. The molecule has 5 heteroatoms.